The molecule has 3 rings (SSSR count). The summed E-state index contributed by atoms with van der Waals surface area (Å²) in [6, 6.07) is 6.67. The van der Waals surface area contributed by atoms with Gasteiger partial charge in [0.25, 0.3) is 0 Å². The third kappa shape index (κ3) is 3.21. The summed E-state index contributed by atoms with van der Waals surface area (Å²) in [7, 11) is 0. The van der Waals surface area contributed by atoms with Gasteiger partial charge in [0.05, 0.1) is 11.8 Å². The second-order valence-electron chi connectivity index (χ2n) is 5.77. The molecule has 0 radical (unpaired) electrons. The predicted octanol–water partition coefficient (Wildman–Crippen LogP) is 1.68. The van der Waals surface area contributed by atoms with Crippen LogP contribution in [0.25, 0.3) is 0 Å². The monoisotopic (exact) mass is 320 g/mol. The highest BCUT2D eigenvalue weighted by atomic mass is 32.2. The van der Waals surface area contributed by atoms with E-state index in [-0.39, 0.29) is 23.6 Å². The Morgan fingerprint density at radius 3 is 3.00 bits per heavy atom. The molecule has 2 amide bonds. The van der Waals surface area contributed by atoms with Crippen LogP contribution in [0.15, 0.2) is 24.3 Å². The number of carbonyl (C=O) groups is 2. The van der Waals surface area contributed by atoms with E-state index in [9.17, 15) is 14.7 Å². The van der Waals surface area contributed by atoms with Crippen LogP contribution < -0.4 is 5.32 Å². The molecule has 6 heteroatoms. The van der Waals surface area contributed by atoms with E-state index in [0.29, 0.717) is 18.1 Å². The molecule has 118 valence electrons. The van der Waals surface area contributed by atoms with E-state index >= 15 is 0 Å². The molecule has 22 heavy (non-hydrogen) atoms. The van der Waals surface area contributed by atoms with E-state index in [0.717, 1.165) is 24.8 Å². The number of aromatic hydroxyl groups is 1. The maximum Gasteiger partial charge on any atom is 0.246 e. The topological polar surface area (TPSA) is 69.6 Å². The molecule has 0 spiro atoms. The maximum atomic E-state index is 12.8. The Labute approximate surface area is 134 Å². The molecule has 2 saturated heterocycles. The Kier molecular flexibility index (Phi) is 4.57. The first-order chi connectivity index (χ1) is 10.6. The largest absolute Gasteiger partial charge is 0.508 e. The number of phenolic OH excluding ortho intramolecular Hbond substituents is 1. The average molecular weight is 320 g/mol. The third-order valence-electron chi connectivity index (χ3n) is 4.19. The van der Waals surface area contributed by atoms with Crippen molar-refractivity contribution in [3.05, 3.63) is 29.8 Å². The zero-order valence-corrected chi connectivity index (χ0v) is 13.1. The van der Waals surface area contributed by atoms with E-state index in [2.05, 4.69) is 5.32 Å². The van der Waals surface area contributed by atoms with E-state index in [4.69, 9.17) is 0 Å². The first kappa shape index (κ1) is 15.2. The van der Waals surface area contributed by atoms with Gasteiger partial charge in [-0.15, -0.1) is 11.8 Å². The second-order valence-corrected chi connectivity index (χ2v) is 6.80. The molecular formula is C16H20N2O3S. The molecule has 0 saturated carbocycles. The first-order valence-corrected chi connectivity index (χ1v) is 8.77. The highest BCUT2D eigenvalue weighted by Crippen LogP contribution is 2.33. The number of likely N-dealkylation sites (tertiary alicyclic amines) is 1. The van der Waals surface area contributed by atoms with Gasteiger partial charge in [0.1, 0.15) is 11.8 Å². The van der Waals surface area contributed by atoms with Crippen molar-refractivity contribution in [1.29, 1.82) is 0 Å². The SMILES string of the molecule is O=C1CSC[C@@H](C(=O)N2CCCCC2c2cccc(O)c2)N1. The first-order valence-electron chi connectivity index (χ1n) is 7.61. The van der Waals surface area contributed by atoms with Gasteiger partial charge in [0.15, 0.2) is 0 Å². The van der Waals surface area contributed by atoms with Crippen molar-refractivity contribution in [2.75, 3.05) is 18.1 Å². The van der Waals surface area contributed by atoms with Crippen molar-refractivity contribution in [3.8, 4) is 5.75 Å². The van der Waals surface area contributed by atoms with Gasteiger partial charge in [0, 0.05) is 12.3 Å². The summed E-state index contributed by atoms with van der Waals surface area (Å²) in [6.07, 6.45) is 2.94. The Bertz CT molecular complexity index is 578. The lowest BCUT2D eigenvalue weighted by molar-refractivity contribution is -0.139. The van der Waals surface area contributed by atoms with E-state index in [1.165, 1.54) is 11.8 Å². The number of phenols is 1. The fourth-order valence-corrected chi connectivity index (χ4v) is 4.00. The van der Waals surface area contributed by atoms with Crippen LogP contribution in [-0.4, -0.2) is 45.9 Å². The van der Waals surface area contributed by atoms with Gasteiger partial charge in [0.2, 0.25) is 11.8 Å². The van der Waals surface area contributed by atoms with E-state index in [1.807, 2.05) is 11.0 Å². The highest BCUT2D eigenvalue weighted by molar-refractivity contribution is 8.00. The molecule has 0 bridgehead atoms. The number of nitrogens with one attached hydrogen (secondary N) is 1. The molecule has 2 heterocycles. The molecule has 5 nitrogen and oxygen atoms in total. The van der Waals surface area contributed by atoms with Gasteiger partial charge < -0.3 is 15.3 Å². The Morgan fingerprint density at radius 1 is 1.36 bits per heavy atom. The number of thioether (sulfide) groups is 1. The minimum atomic E-state index is -0.427. The Hall–Kier alpha value is -1.69. The van der Waals surface area contributed by atoms with Crippen molar-refractivity contribution >= 4 is 23.6 Å². The molecule has 1 aromatic rings. The van der Waals surface area contributed by atoms with Crippen molar-refractivity contribution in [2.45, 2.75) is 31.3 Å². The van der Waals surface area contributed by atoms with Crippen LogP contribution in [0, 0.1) is 0 Å². The van der Waals surface area contributed by atoms with Gasteiger partial charge in [-0.2, -0.15) is 0 Å². The zero-order valence-electron chi connectivity index (χ0n) is 12.3. The summed E-state index contributed by atoms with van der Waals surface area (Å²) in [5.41, 5.74) is 0.961. The van der Waals surface area contributed by atoms with Crippen molar-refractivity contribution in [3.63, 3.8) is 0 Å². The van der Waals surface area contributed by atoms with Crippen LogP contribution in [0.2, 0.25) is 0 Å². The van der Waals surface area contributed by atoms with E-state index < -0.39 is 6.04 Å². The van der Waals surface area contributed by atoms with Crippen LogP contribution in [0.5, 0.6) is 5.75 Å². The molecule has 1 aromatic carbocycles. The number of hydrogen-bond acceptors (Lipinski definition) is 4. The highest BCUT2D eigenvalue weighted by Gasteiger charge is 2.34. The van der Waals surface area contributed by atoms with Crippen LogP contribution in [0.4, 0.5) is 0 Å². The zero-order chi connectivity index (χ0) is 15.5. The molecule has 2 aliphatic heterocycles. The Morgan fingerprint density at radius 2 is 2.23 bits per heavy atom. The number of hydrogen-bond donors (Lipinski definition) is 2. The number of piperidine rings is 1. The summed E-state index contributed by atoms with van der Waals surface area (Å²) in [6.45, 7) is 0.705. The lowest BCUT2D eigenvalue weighted by Crippen LogP contribution is -2.54. The van der Waals surface area contributed by atoms with Crippen LogP contribution in [0.3, 0.4) is 0 Å². The average Bonchev–Trinajstić information content (AvgIpc) is 2.54. The number of amides is 2. The quantitative estimate of drug-likeness (QED) is 0.870. The second kappa shape index (κ2) is 6.60. The Balaban J connectivity index is 1.80. The van der Waals surface area contributed by atoms with Gasteiger partial charge in [-0.1, -0.05) is 12.1 Å². The molecule has 2 N–H and O–H groups in total. The molecular weight excluding hydrogens is 300 g/mol. The van der Waals surface area contributed by atoms with Crippen molar-refractivity contribution in [2.24, 2.45) is 0 Å². The summed E-state index contributed by atoms with van der Waals surface area (Å²) < 4.78 is 0. The fraction of sp³-hybridized carbons (Fsp3) is 0.500. The minimum Gasteiger partial charge on any atom is -0.508 e. The van der Waals surface area contributed by atoms with Crippen LogP contribution >= 0.6 is 11.8 Å². The minimum absolute atomic E-state index is 0.00593. The molecule has 2 fully saturated rings. The summed E-state index contributed by atoms with van der Waals surface area (Å²) in [5, 5.41) is 12.5. The predicted molar refractivity (Wildman–Crippen MR) is 85.7 cm³/mol. The lowest BCUT2D eigenvalue weighted by atomic mass is 9.94. The van der Waals surface area contributed by atoms with Crippen LogP contribution in [0.1, 0.15) is 30.9 Å². The standard InChI is InChI=1S/C16H20N2O3S/c19-12-5-3-4-11(8-12)14-6-1-2-7-18(14)16(21)13-9-22-10-15(20)17-13/h3-5,8,13-14,19H,1-2,6-7,9-10H2,(H,17,20)/t13-,14?/m0/s1. The molecule has 2 aliphatic rings. The molecule has 2 atom stereocenters. The van der Waals surface area contributed by atoms with Gasteiger partial charge >= 0.3 is 0 Å². The maximum absolute atomic E-state index is 12.8. The number of carbonyl (C=O) groups excluding carboxylic acids is 2. The molecule has 0 aromatic heterocycles. The van der Waals surface area contributed by atoms with Crippen molar-refractivity contribution in [1.82, 2.24) is 10.2 Å². The number of benzene rings is 1. The summed E-state index contributed by atoms with van der Waals surface area (Å²) in [4.78, 5) is 26.2. The smallest absolute Gasteiger partial charge is 0.246 e. The van der Waals surface area contributed by atoms with Crippen molar-refractivity contribution < 1.29 is 14.7 Å². The third-order valence-corrected chi connectivity index (χ3v) is 5.23. The van der Waals surface area contributed by atoms with Gasteiger partial charge in [-0.3, -0.25) is 9.59 Å². The molecule has 1 unspecified atom stereocenters. The van der Waals surface area contributed by atoms with Gasteiger partial charge in [-0.05, 0) is 37.0 Å². The fourth-order valence-electron chi connectivity index (χ4n) is 3.15. The van der Waals surface area contributed by atoms with E-state index in [1.54, 1.807) is 18.2 Å². The summed E-state index contributed by atoms with van der Waals surface area (Å²) in [5.74, 6) is 1.21. The normalized spacial score (nSPS) is 25.6. The van der Waals surface area contributed by atoms with Gasteiger partial charge in [-0.25, -0.2) is 0 Å². The number of rotatable bonds is 2. The summed E-state index contributed by atoms with van der Waals surface area (Å²) >= 11 is 1.50. The lowest BCUT2D eigenvalue weighted by Gasteiger charge is -2.39. The number of nitrogens with zero attached hydrogens (tertiary/aromatic N) is 1. The van der Waals surface area contributed by atoms with Crippen LogP contribution in [-0.2, 0) is 9.59 Å². The molecule has 0 aliphatic carbocycles.